The summed E-state index contributed by atoms with van der Waals surface area (Å²) in [6.07, 6.45) is 0. The third kappa shape index (κ3) is 2.40. The summed E-state index contributed by atoms with van der Waals surface area (Å²) in [6, 6.07) is 3.15. The highest BCUT2D eigenvalue weighted by atomic mass is 35.5. The van der Waals surface area contributed by atoms with Crippen LogP contribution in [0.15, 0.2) is 12.1 Å². The van der Waals surface area contributed by atoms with Crippen molar-refractivity contribution >= 4 is 29.1 Å². The fourth-order valence-electron chi connectivity index (χ4n) is 1.16. The van der Waals surface area contributed by atoms with Crippen LogP contribution in [0.25, 0.3) is 0 Å². The van der Waals surface area contributed by atoms with Gasteiger partial charge >= 0.3 is 0 Å². The molecule has 0 radical (unpaired) electrons. The summed E-state index contributed by atoms with van der Waals surface area (Å²) in [5.74, 6) is -0.252. The Morgan fingerprint density at radius 1 is 1.47 bits per heavy atom. The van der Waals surface area contributed by atoms with Crippen LogP contribution < -0.4 is 5.32 Å². The molecule has 0 bridgehead atoms. The lowest BCUT2D eigenvalue weighted by molar-refractivity contribution is -0.00346. The third-order valence-electron chi connectivity index (χ3n) is 2.03. The maximum Gasteiger partial charge on any atom is 0.254 e. The standard InChI is InChI=1S/C9H8Cl2N2O2/c10-7-2-1-6(8(11)13-7)9(14)12-5-3-15-4-5/h1-2,5H,3-4H2,(H,12,14). The highest BCUT2D eigenvalue weighted by molar-refractivity contribution is 6.34. The number of nitrogens with zero attached hydrogens (tertiary/aromatic N) is 1. The highest BCUT2D eigenvalue weighted by Crippen LogP contribution is 2.16. The van der Waals surface area contributed by atoms with Gasteiger partial charge in [-0.15, -0.1) is 0 Å². The zero-order valence-electron chi connectivity index (χ0n) is 7.67. The molecule has 1 fully saturated rings. The molecule has 1 aromatic heterocycles. The van der Waals surface area contributed by atoms with E-state index in [0.29, 0.717) is 18.8 Å². The quantitative estimate of drug-likeness (QED) is 0.806. The van der Waals surface area contributed by atoms with Crippen LogP contribution in [0.3, 0.4) is 0 Å². The van der Waals surface area contributed by atoms with Crippen molar-refractivity contribution in [1.29, 1.82) is 0 Å². The molecule has 0 spiro atoms. The summed E-state index contributed by atoms with van der Waals surface area (Å²) in [5, 5.41) is 3.14. The van der Waals surface area contributed by atoms with E-state index in [9.17, 15) is 4.79 Å². The van der Waals surface area contributed by atoms with Crippen LogP contribution in [0.4, 0.5) is 0 Å². The molecule has 2 rings (SSSR count). The van der Waals surface area contributed by atoms with Gasteiger partial charge in [-0.1, -0.05) is 23.2 Å². The zero-order valence-corrected chi connectivity index (χ0v) is 9.18. The Labute approximate surface area is 96.5 Å². The molecule has 2 heterocycles. The van der Waals surface area contributed by atoms with Crippen LogP contribution in [0, 0.1) is 0 Å². The van der Waals surface area contributed by atoms with Gasteiger partial charge in [0.15, 0.2) is 0 Å². The van der Waals surface area contributed by atoms with Gasteiger partial charge in [0, 0.05) is 0 Å². The SMILES string of the molecule is O=C(NC1COC1)c1ccc(Cl)nc1Cl. The molecule has 80 valence electrons. The molecule has 6 heteroatoms. The lowest BCUT2D eigenvalue weighted by Crippen LogP contribution is -2.48. The molecule has 1 amide bonds. The number of hydrogen-bond acceptors (Lipinski definition) is 3. The number of halogens is 2. The van der Waals surface area contributed by atoms with E-state index in [0.717, 1.165) is 0 Å². The largest absolute Gasteiger partial charge is 0.377 e. The molecule has 1 saturated heterocycles. The monoisotopic (exact) mass is 246 g/mol. The number of carbonyl (C=O) groups excluding carboxylic acids is 1. The zero-order chi connectivity index (χ0) is 10.8. The van der Waals surface area contributed by atoms with E-state index in [1.165, 1.54) is 6.07 Å². The van der Waals surface area contributed by atoms with Crippen LogP contribution >= 0.6 is 23.2 Å². The molecule has 1 aromatic rings. The summed E-state index contributed by atoms with van der Waals surface area (Å²) < 4.78 is 4.94. The first-order valence-corrected chi connectivity index (χ1v) is 5.13. The van der Waals surface area contributed by atoms with Gasteiger partial charge < -0.3 is 10.1 Å². The van der Waals surface area contributed by atoms with Crippen molar-refractivity contribution in [2.45, 2.75) is 6.04 Å². The minimum absolute atomic E-state index is 0.0734. The second kappa shape index (κ2) is 4.35. The van der Waals surface area contributed by atoms with Gasteiger partial charge in [0.05, 0.1) is 24.8 Å². The van der Waals surface area contributed by atoms with Gasteiger partial charge in [-0.2, -0.15) is 0 Å². The number of pyridine rings is 1. The van der Waals surface area contributed by atoms with Crippen LogP contribution in [0.2, 0.25) is 10.3 Å². The van der Waals surface area contributed by atoms with E-state index in [2.05, 4.69) is 10.3 Å². The number of carbonyl (C=O) groups is 1. The first-order chi connectivity index (χ1) is 7.16. The van der Waals surface area contributed by atoms with Crippen LogP contribution in [0.1, 0.15) is 10.4 Å². The van der Waals surface area contributed by atoms with E-state index < -0.39 is 0 Å². The molecular formula is C9H8Cl2N2O2. The third-order valence-corrected chi connectivity index (χ3v) is 2.53. The normalized spacial score (nSPS) is 15.9. The second-order valence-electron chi connectivity index (χ2n) is 3.18. The predicted molar refractivity (Wildman–Crippen MR) is 56.3 cm³/mol. The van der Waals surface area contributed by atoms with E-state index in [4.69, 9.17) is 27.9 Å². The van der Waals surface area contributed by atoms with E-state index in [1.807, 2.05) is 0 Å². The number of nitrogens with one attached hydrogen (secondary N) is 1. The van der Waals surface area contributed by atoms with Crippen LogP contribution in [0.5, 0.6) is 0 Å². The van der Waals surface area contributed by atoms with Crippen LogP contribution in [-0.4, -0.2) is 30.1 Å². The first-order valence-electron chi connectivity index (χ1n) is 4.37. The smallest absolute Gasteiger partial charge is 0.254 e. The molecule has 0 saturated carbocycles. The number of hydrogen-bond donors (Lipinski definition) is 1. The van der Waals surface area contributed by atoms with Gasteiger partial charge in [-0.05, 0) is 12.1 Å². The molecule has 0 atom stereocenters. The molecule has 1 aliphatic heterocycles. The van der Waals surface area contributed by atoms with E-state index in [-0.39, 0.29) is 22.3 Å². The first kappa shape index (κ1) is 10.7. The Morgan fingerprint density at radius 3 is 2.73 bits per heavy atom. The average molecular weight is 247 g/mol. The van der Waals surface area contributed by atoms with Crippen molar-refractivity contribution < 1.29 is 9.53 Å². The summed E-state index contributed by atoms with van der Waals surface area (Å²) in [4.78, 5) is 15.4. The summed E-state index contributed by atoms with van der Waals surface area (Å²) >= 11 is 11.4. The molecule has 1 N–H and O–H groups in total. The number of rotatable bonds is 2. The van der Waals surface area contributed by atoms with Gasteiger partial charge in [-0.3, -0.25) is 4.79 Å². The van der Waals surface area contributed by atoms with Gasteiger partial charge in [-0.25, -0.2) is 4.98 Å². The second-order valence-corrected chi connectivity index (χ2v) is 3.93. The van der Waals surface area contributed by atoms with Crippen molar-refractivity contribution in [2.24, 2.45) is 0 Å². The van der Waals surface area contributed by atoms with Crippen molar-refractivity contribution in [2.75, 3.05) is 13.2 Å². The van der Waals surface area contributed by atoms with Crippen LogP contribution in [-0.2, 0) is 4.74 Å². The van der Waals surface area contributed by atoms with Gasteiger partial charge in [0.2, 0.25) is 0 Å². The fourth-order valence-corrected chi connectivity index (χ4v) is 1.59. The molecular weight excluding hydrogens is 239 g/mol. The molecule has 0 aliphatic carbocycles. The van der Waals surface area contributed by atoms with Gasteiger partial charge in [0.25, 0.3) is 5.91 Å². The van der Waals surface area contributed by atoms with Gasteiger partial charge in [0.1, 0.15) is 10.3 Å². The molecule has 1 aliphatic rings. The van der Waals surface area contributed by atoms with Crippen molar-refractivity contribution in [3.05, 3.63) is 28.0 Å². The molecule has 0 aromatic carbocycles. The minimum atomic E-state index is -0.252. The molecule has 0 unspecified atom stereocenters. The minimum Gasteiger partial charge on any atom is -0.377 e. The lowest BCUT2D eigenvalue weighted by atomic mass is 10.2. The maximum atomic E-state index is 11.6. The average Bonchev–Trinajstić information content (AvgIpc) is 2.11. The Bertz CT molecular complexity index is 394. The van der Waals surface area contributed by atoms with Crippen molar-refractivity contribution in [3.8, 4) is 0 Å². The highest BCUT2D eigenvalue weighted by Gasteiger charge is 2.22. The Morgan fingerprint density at radius 2 is 2.20 bits per heavy atom. The topological polar surface area (TPSA) is 51.2 Å². The predicted octanol–water partition coefficient (Wildman–Crippen LogP) is 1.52. The number of aromatic nitrogens is 1. The summed E-state index contributed by atoms with van der Waals surface area (Å²) in [6.45, 7) is 1.09. The molecule has 15 heavy (non-hydrogen) atoms. The van der Waals surface area contributed by atoms with Crippen molar-refractivity contribution in [3.63, 3.8) is 0 Å². The maximum absolute atomic E-state index is 11.6. The number of ether oxygens (including phenoxy) is 1. The Kier molecular flexibility index (Phi) is 3.09. The fraction of sp³-hybridized carbons (Fsp3) is 0.333. The Hall–Kier alpha value is -0.840. The molecule has 4 nitrogen and oxygen atoms in total. The number of amides is 1. The van der Waals surface area contributed by atoms with E-state index in [1.54, 1.807) is 6.07 Å². The van der Waals surface area contributed by atoms with Crippen molar-refractivity contribution in [1.82, 2.24) is 10.3 Å². The lowest BCUT2D eigenvalue weighted by Gasteiger charge is -2.26. The summed E-state index contributed by atoms with van der Waals surface area (Å²) in [7, 11) is 0. The summed E-state index contributed by atoms with van der Waals surface area (Å²) in [5.41, 5.74) is 0.327. The Balaban J connectivity index is 2.10. The van der Waals surface area contributed by atoms with E-state index >= 15 is 0 Å².